The zero-order valence-corrected chi connectivity index (χ0v) is 21.3. The van der Waals surface area contributed by atoms with Crippen molar-refractivity contribution in [3.8, 4) is 16.9 Å². The lowest BCUT2D eigenvalue weighted by atomic mass is 10.1. The molecule has 0 fully saturated rings. The molecule has 38 heavy (non-hydrogen) atoms. The largest absolute Gasteiger partial charge is 0.467 e. The summed E-state index contributed by atoms with van der Waals surface area (Å²) in [4.78, 5) is 32.9. The highest BCUT2D eigenvalue weighted by atomic mass is 16.3. The Labute approximate surface area is 221 Å². The van der Waals surface area contributed by atoms with Gasteiger partial charge in [-0.3, -0.25) is 19.5 Å². The Morgan fingerprint density at radius 2 is 1.68 bits per heavy atom. The number of carbonyl (C=O) groups excluding carboxylic acids is 2. The van der Waals surface area contributed by atoms with E-state index >= 15 is 0 Å². The number of aromatic nitrogens is 2. The average molecular weight is 505 g/mol. The molecule has 7 heteroatoms. The zero-order chi connectivity index (χ0) is 26.5. The summed E-state index contributed by atoms with van der Waals surface area (Å²) >= 11 is 0. The summed E-state index contributed by atoms with van der Waals surface area (Å²) in [5, 5.41) is 2.93. The lowest BCUT2D eigenvalue weighted by Crippen LogP contribution is -2.37. The summed E-state index contributed by atoms with van der Waals surface area (Å²) in [5.74, 6) is 0.339. The van der Waals surface area contributed by atoms with Crippen LogP contribution in [0.5, 0.6) is 0 Å². The predicted octanol–water partition coefficient (Wildman–Crippen LogP) is 6.03. The Morgan fingerprint density at radius 3 is 2.39 bits per heavy atom. The molecule has 0 unspecified atom stereocenters. The van der Waals surface area contributed by atoms with Crippen molar-refractivity contribution < 1.29 is 14.0 Å². The molecule has 0 spiro atoms. The van der Waals surface area contributed by atoms with Gasteiger partial charge < -0.3 is 9.32 Å². The third-order valence-corrected chi connectivity index (χ3v) is 6.15. The molecule has 7 nitrogen and oxygen atoms in total. The van der Waals surface area contributed by atoms with E-state index in [9.17, 15) is 9.59 Å². The molecule has 0 saturated carbocycles. The quantitative estimate of drug-likeness (QED) is 0.280. The first-order valence-corrected chi connectivity index (χ1v) is 12.4. The molecule has 0 atom stereocenters. The van der Waals surface area contributed by atoms with Crippen LogP contribution in [-0.2, 0) is 11.3 Å². The highest BCUT2D eigenvalue weighted by Crippen LogP contribution is 2.25. The van der Waals surface area contributed by atoms with Crippen molar-refractivity contribution in [3.05, 3.63) is 126 Å². The Hall–Kier alpha value is -4.91. The number of nitrogens with one attached hydrogen (secondary N) is 1. The molecule has 5 rings (SSSR count). The van der Waals surface area contributed by atoms with Crippen molar-refractivity contribution in [2.75, 3.05) is 11.9 Å². The van der Waals surface area contributed by atoms with Gasteiger partial charge in [0.15, 0.2) is 0 Å². The summed E-state index contributed by atoms with van der Waals surface area (Å²) in [6, 6.07) is 28.6. The van der Waals surface area contributed by atoms with Crippen LogP contribution in [0.15, 0.2) is 108 Å². The van der Waals surface area contributed by atoms with Gasteiger partial charge in [-0.25, -0.2) is 4.98 Å². The van der Waals surface area contributed by atoms with Crippen LogP contribution in [0.25, 0.3) is 16.9 Å². The number of furan rings is 1. The van der Waals surface area contributed by atoms with Crippen LogP contribution in [0.1, 0.15) is 27.2 Å². The topological polar surface area (TPSA) is 80.4 Å². The Kier molecular flexibility index (Phi) is 7.17. The molecule has 2 heterocycles. The van der Waals surface area contributed by atoms with Crippen LogP contribution in [-0.4, -0.2) is 32.8 Å². The number of anilines is 1. The van der Waals surface area contributed by atoms with Gasteiger partial charge in [-0.2, -0.15) is 0 Å². The number of hydrogen-bond acceptors (Lipinski definition) is 4. The van der Waals surface area contributed by atoms with Gasteiger partial charge in [-0.15, -0.1) is 0 Å². The number of hydrogen-bond donors (Lipinski definition) is 1. The highest BCUT2D eigenvalue weighted by molar-refractivity contribution is 5.99. The number of benzene rings is 3. The minimum atomic E-state index is -0.365. The summed E-state index contributed by atoms with van der Waals surface area (Å²) in [7, 11) is 0. The summed E-state index contributed by atoms with van der Waals surface area (Å²) in [5.41, 5.74) is 5.17. The number of imidazole rings is 1. The molecular weight excluding hydrogens is 476 g/mol. The van der Waals surface area contributed by atoms with E-state index in [-0.39, 0.29) is 24.9 Å². The fourth-order valence-electron chi connectivity index (χ4n) is 4.20. The van der Waals surface area contributed by atoms with Gasteiger partial charge in [-0.05, 0) is 55.8 Å². The van der Waals surface area contributed by atoms with Crippen LogP contribution >= 0.6 is 0 Å². The first kappa shape index (κ1) is 24.8. The van der Waals surface area contributed by atoms with Crippen molar-refractivity contribution in [3.63, 3.8) is 0 Å². The molecule has 0 saturated heterocycles. The number of nitrogens with zero attached hydrogens (tertiary/aromatic N) is 3. The van der Waals surface area contributed by atoms with E-state index in [1.165, 1.54) is 4.90 Å². The average Bonchev–Trinajstić information content (AvgIpc) is 3.59. The van der Waals surface area contributed by atoms with Gasteiger partial charge in [-0.1, -0.05) is 60.2 Å². The molecule has 0 radical (unpaired) electrons. The summed E-state index contributed by atoms with van der Waals surface area (Å²) in [6.07, 6.45) is 3.45. The molecule has 190 valence electrons. The summed E-state index contributed by atoms with van der Waals surface area (Å²) < 4.78 is 7.32. The van der Waals surface area contributed by atoms with Crippen molar-refractivity contribution >= 4 is 17.8 Å². The Balaban J connectivity index is 1.43. The maximum absolute atomic E-state index is 13.4. The third kappa shape index (κ3) is 5.73. The van der Waals surface area contributed by atoms with Gasteiger partial charge in [0, 0.05) is 23.0 Å². The second-order valence-corrected chi connectivity index (χ2v) is 9.18. The first-order valence-electron chi connectivity index (χ1n) is 12.4. The number of amides is 2. The monoisotopic (exact) mass is 504 g/mol. The first-order chi connectivity index (χ1) is 18.5. The highest BCUT2D eigenvalue weighted by Gasteiger charge is 2.22. The Morgan fingerprint density at radius 1 is 0.895 bits per heavy atom. The van der Waals surface area contributed by atoms with E-state index < -0.39 is 0 Å². The van der Waals surface area contributed by atoms with E-state index in [1.54, 1.807) is 30.5 Å². The molecule has 3 aromatic carbocycles. The van der Waals surface area contributed by atoms with Crippen molar-refractivity contribution in [2.24, 2.45) is 0 Å². The third-order valence-electron chi connectivity index (χ3n) is 6.15. The standard InChI is InChI=1S/C31H28N4O3/c1-22-13-15-25(16-14-22)30(37)34(19-27-12-7-17-38-27)21-29(36)33-31-32-28(24-9-4-3-5-10-24)20-35(31)26-11-6-8-23(2)18-26/h3-18,20H,19,21H2,1-2H3,(H,32,33,36). The smallest absolute Gasteiger partial charge is 0.254 e. The second kappa shape index (κ2) is 11.0. The lowest BCUT2D eigenvalue weighted by molar-refractivity contribution is -0.117. The van der Waals surface area contributed by atoms with E-state index in [0.29, 0.717) is 17.3 Å². The fraction of sp³-hybridized carbons (Fsp3) is 0.129. The molecule has 0 aliphatic carbocycles. The molecule has 2 aromatic heterocycles. The maximum atomic E-state index is 13.4. The van der Waals surface area contributed by atoms with Gasteiger partial charge in [0.05, 0.1) is 18.5 Å². The normalized spacial score (nSPS) is 10.8. The maximum Gasteiger partial charge on any atom is 0.254 e. The molecule has 5 aromatic rings. The van der Waals surface area contributed by atoms with Crippen LogP contribution < -0.4 is 5.32 Å². The Bertz CT molecular complexity index is 1540. The number of carbonyl (C=O) groups is 2. The molecule has 0 aliphatic rings. The number of aryl methyl sites for hydroxylation is 2. The van der Waals surface area contributed by atoms with E-state index in [4.69, 9.17) is 9.40 Å². The van der Waals surface area contributed by atoms with Crippen LogP contribution in [0.2, 0.25) is 0 Å². The summed E-state index contributed by atoms with van der Waals surface area (Å²) in [6.45, 7) is 3.96. The van der Waals surface area contributed by atoms with Crippen molar-refractivity contribution in [1.82, 2.24) is 14.5 Å². The van der Waals surface area contributed by atoms with E-state index in [0.717, 1.165) is 28.1 Å². The minimum Gasteiger partial charge on any atom is -0.467 e. The van der Waals surface area contributed by atoms with Crippen molar-refractivity contribution in [2.45, 2.75) is 20.4 Å². The molecule has 1 N–H and O–H groups in total. The van der Waals surface area contributed by atoms with Crippen LogP contribution in [0.4, 0.5) is 5.95 Å². The van der Waals surface area contributed by atoms with E-state index in [2.05, 4.69) is 5.32 Å². The van der Waals surface area contributed by atoms with Gasteiger partial charge >= 0.3 is 0 Å². The lowest BCUT2D eigenvalue weighted by Gasteiger charge is -2.21. The molecule has 0 bridgehead atoms. The van der Waals surface area contributed by atoms with Crippen LogP contribution in [0, 0.1) is 13.8 Å². The van der Waals surface area contributed by atoms with Gasteiger partial charge in [0.1, 0.15) is 12.3 Å². The second-order valence-electron chi connectivity index (χ2n) is 9.18. The molecule has 2 amide bonds. The number of rotatable bonds is 8. The fourth-order valence-corrected chi connectivity index (χ4v) is 4.20. The predicted molar refractivity (Wildman–Crippen MR) is 147 cm³/mol. The van der Waals surface area contributed by atoms with Crippen molar-refractivity contribution in [1.29, 1.82) is 0 Å². The zero-order valence-electron chi connectivity index (χ0n) is 21.3. The molecule has 0 aliphatic heterocycles. The van der Waals surface area contributed by atoms with Gasteiger partial charge in [0.25, 0.3) is 5.91 Å². The SMILES string of the molecule is Cc1ccc(C(=O)N(CC(=O)Nc2nc(-c3ccccc3)cn2-c2cccc(C)c2)Cc2ccco2)cc1. The van der Waals surface area contributed by atoms with Gasteiger partial charge in [0.2, 0.25) is 11.9 Å². The van der Waals surface area contributed by atoms with E-state index in [1.807, 2.05) is 91.3 Å². The van der Waals surface area contributed by atoms with Crippen LogP contribution in [0.3, 0.4) is 0 Å². The molecular formula is C31H28N4O3. The minimum absolute atomic E-state index is 0.161.